The van der Waals surface area contributed by atoms with E-state index in [2.05, 4.69) is 5.32 Å². The molecule has 1 atom stereocenters. The average molecular weight is 533 g/mol. The number of nitrogens with zero attached hydrogens (tertiary/aromatic N) is 3. The number of hydrogen-bond donors (Lipinski definition) is 1. The van der Waals surface area contributed by atoms with Gasteiger partial charge in [-0.3, -0.25) is 20.2 Å². The van der Waals surface area contributed by atoms with Gasteiger partial charge in [0.2, 0.25) is 0 Å². The molecule has 3 rings (SSSR count). The molecule has 14 heteroatoms. The topological polar surface area (TPSA) is 177 Å². The van der Waals surface area contributed by atoms with Crippen LogP contribution in [-0.4, -0.2) is 82.0 Å². The molecule has 0 aliphatic carbocycles. The summed E-state index contributed by atoms with van der Waals surface area (Å²) in [4.78, 5) is 21.7. The standard InChI is InChI=1S/C24H28N4O10/c25-15-18-13-21(27(29)30)24(22(14-18)28(31)32)26-20-3-1-2-4-23(20)38-17-19-16-36-10-9-34-6-5-33-7-8-35-11-12-37-19/h1-4,13-14,19,26H,5-12,16-17H2. The van der Waals surface area contributed by atoms with E-state index < -0.39 is 27.3 Å². The molecule has 0 amide bonds. The first-order valence-electron chi connectivity index (χ1n) is 11.8. The third-order valence-electron chi connectivity index (χ3n) is 5.19. The number of ether oxygens (including phenoxy) is 6. The first kappa shape index (κ1) is 28.7. The van der Waals surface area contributed by atoms with Crippen LogP contribution in [0, 0.1) is 31.6 Å². The van der Waals surface area contributed by atoms with Crippen LogP contribution in [0.1, 0.15) is 5.56 Å². The van der Waals surface area contributed by atoms with Crippen molar-refractivity contribution in [3.8, 4) is 11.8 Å². The summed E-state index contributed by atoms with van der Waals surface area (Å²) >= 11 is 0. The van der Waals surface area contributed by atoms with E-state index in [0.717, 1.165) is 12.1 Å². The van der Waals surface area contributed by atoms with E-state index in [-0.39, 0.29) is 42.5 Å². The molecule has 1 unspecified atom stereocenters. The molecular weight excluding hydrogens is 504 g/mol. The highest BCUT2D eigenvalue weighted by Gasteiger charge is 2.28. The monoisotopic (exact) mass is 532 g/mol. The average Bonchev–Trinajstić information content (AvgIpc) is 2.92. The maximum Gasteiger partial charge on any atom is 0.301 e. The molecule has 1 fully saturated rings. The summed E-state index contributed by atoms with van der Waals surface area (Å²) in [5, 5.41) is 35.2. The number of hydrogen-bond acceptors (Lipinski definition) is 12. The minimum Gasteiger partial charge on any atom is -0.489 e. The first-order chi connectivity index (χ1) is 18.5. The van der Waals surface area contributed by atoms with E-state index >= 15 is 0 Å². The van der Waals surface area contributed by atoms with Crippen molar-refractivity contribution in [3.63, 3.8) is 0 Å². The Morgan fingerprint density at radius 2 is 1.45 bits per heavy atom. The number of nitro benzene ring substituents is 2. The third-order valence-corrected chi connectivity index (χ3v) is 5.19. The van der Waals surface area contributed by atoms with Gasteiger partial charge in [0.25, 0.3) is 0 Å². The van der Waals surface area contributed by atoms with E-state index in [9.17, 15) is 20.2 Å². The number of benzene rings is 2. The summed E-state index contributed by atoms with van der Waals surface area (Å²) in [5.41, 5.74) is -1.56. The van der Waals surface area contributed by atoms with Crippen LogP contribution < -0.4 is 10.1 Å². The Morgan fingerprint density at radius 3 is 2.03 bits per heavy atom. The Hall–Kier alpha value is -3.87. The molecule has 0 spiro atoms. The predicted octanol–water partition coefficient (Wildman–Crippen LogP) is 2.96. The van der Waals surface area contributed by atoms with Crippen LogP contribution >= 0.6 is 0 Å². The lowest BCUT2D eigenvalue weighted by Crippen LogP contribution is -2.29. The van der Waals surface area contributed by atoms with Crippen molar-refractivity contribution < 1.29 is 38.3 Å². The second kappa shape index (κ2) is 15.4. The zero-order valence-electron chi connectivity index (χ0n) is 20.5. The van der Waals surface area contributed by atoms with Crippen molar-refractivity contribution in [2.45, 2.75) is 6.10 Å². The van der Waals surface area contributed by atoms with Gasteiger partial charge < -0.3 is 33.7 Å². The Morgan fingerprint density at radius 1 is 0.895 bits per heavy atom. The summed E-state index contributed by atoms with van der Waals surface area (Å²) in [6.45, 7) is 3.44. The Balaban J connectivity index is 1.74. The van der Waals surface area contributed by atoms with Gasteiger partial charge in [0.05, 0.1) is 86.6 Å². The van der Waals surface area contributed by atoms with Crippen molar-refractivity contribution in [1.82, 2.24) is 0 Å². The van der Waals surface area contributed by atoms with Gasteiger partial charge in [-0.1, -0.05) is 12.1 Å². The molecule has 204 valence electrons. The van der Waals surface area contributed by atoms with Crippen LogP contribution in [0.25, 0.3) is 0 Å². The second-order valence-electron chi connectivity index (χ2n) is 7.85. The predicted molar refractivity (Wildman–Crippen MR) is 133 cm³/mol. The van der Waals surface area contributed by atoms with Gasteiger partial charge in [-0.15, -0.1) is 0 Å². The number of nitro groups is 2. The fourth-order valence-electron chi connectivity index (χ4n) is 3.40. The van der Waals surface area contributed by atoms with Crippen LogP contribution in [0.15, 0.2) is 36.4 Å². The minimum absolute atomic E-state index is 0.0558. The van der Waals surface area contributed by atoms with E-state index in [1.165, 1.54) is 0 Å². The zero-order valence-corrected chi connectivity index (χ0v) is 20.5. The molecule has 1 N–H and O–H groups in total. The fraction of sp³-hybridized carbons (Fsp3) is 0.458. The largest absolute Gasteiger partial charge is 0.489 e. The Bertz CT molecular complexity index is 1070. The number of para-hydroxylation sites is 2. The van der Waals surface area contributed by atoms with Gasteiger partial charge in [-0.2, -0.15) is 5.26 Å². The third kappa shape index (κ3) is 8.91. The molecule has 38 heavy (non-hydrogen) atoms. The zero-order chi connectivity index (χ0) is 27.2. The molecule has 0 saturated carbocycles. The van der Waals surface area contributed by atoms with Gasteiger partial charge in [0.15, 0.2) is 5.69 Å². The highest BCUT2D eigenvalue weighted by molar-refractivity contribution is 5.82. The van der Waals surface area contributed by atoms with Crippen LogP contribution in [-0.2, 0) is 23.7 Å². The fourth-order valence-corrected chi connectivity index (χ4v) is 3.40. The maximum atomic E-state index is 11.6. The summed E-state index contributed by atoms with van der Waals surface area (Å²) in [6.07, 6.45) is -0.480. The van der Waals surface area contributed by atoms with Crippen molar-refractivity contribution in [2.24, 2.45) is 0 Å². The lowest BCUT2D eigenvalue weighted by atomic mass is 10.1. The van der Waals surface area contributed by atoms with Crippen molar-refractivity contribution >= 4 is 22.7 Å². The van der Waals surface area contributed by atoms with Gasteiger partial charge in [0, 0.05) is 12.1 Å². The van der Waals surface area contributed by atoms with Crippen molar-refractivity contribution in [2.75, 3.05) is 71.4 Å². The van der Waals surface area contributed by atoms with Crippen molar-refractivity contribution in [1.29, 1.82) is 5.26 Å². The summed E-state index contributed by atoms with van der Waals surface area (Å²) in [5.74, 6) is 0.275. The summed E-state index contributed by atoms with van der Waals surface area (Å²) < 4.78 is 33.7. The van der Waals surface area contributed by atoms with Crippen LogP contribution in [0.4, 0.5) is 22.7 Å². The molecule has 0 aromatic heterocycles. The molecule has 2 aromatic rings. The highest BCUT2D eigenvalue weighted by Crippen LogP contribution is 2.39. The van der Waals surface area contributed by atoms with Crippen LogP contribution in [0.5, 0.6) is 5.75 Å². The van der Waals surface area contributed by atoms with Gasteiger partial charge in [-0.25, -0.2) is 0 Å². The Kier molecular flexibility index (Phi) is 11.6. The number of rotatable bonds is 7. The smallest absolute Gasteiger partial charge is 0.301 e. The SMILES string of the molecule is N#Cc1cc([N+](=O)[O-])c(Nc2ccccc2OCC2COCCOCCOCCOCCO2)c([N+](=O)[O-])c1. The first-order valence-corrected chi connectivity index (χ1v) is 11.8. The van der Waals surface area contributed by atoms with Crippen LogP contribution in [0.3, 0.4) is 0 Å². The van der Waals surface area contributed by atoms with Gasteiger partial charge in [0.1, 0.15) is 18.5 Å². The second-order valence-corrected chi connectivity index (χ2v) is 7.85. The minimum atomic E-state index is -0.792. The number of nitriles is 1. The number of anilines is 2. The molecule has 0 radical (unpaired) electrons. The molecule has 1 saturated heterocycles. The highest BCUT2D eigenvalue weighted by atomic mass is 16.6. The molecule has 1 aliphatic heterocycles. The van der Waals surface area contributed by atoms with Crippen molar-refractivity contribution in [3.05, 3.63) is 62.2 Å². The summed E-state index contributed by atoms with van der Waals surface area (Å²) in [7, 11) is 0. The molecular formula is C24H28N4O10. The molecule has 2 aromatic carbocycles. The molecule has 14 nitrogen and oxygen atoms in total. The lowest BCUT2D eigenvalue weighted by Gasteiger charge is -2.20. The molecule has 0 bridgehead atoms. The molecule has 1 heterocycles. The van der Waals surface area contributed by atoms with E-state index in [1.807, 2.05) is 0 Å². The summed E-state index contributed by atoms with van der Waals surface area (Å²) in [6, 6.07) is 10.1. The Labute approximate surface area is 218 Å². The van der Waals surface area contributed by atoms with E-state index in [1.54, 1.807) is 30.3 Å². The quantitative estimate of drug-likeness (QED) is 0.408. The van der Waals surface area contributed by atoms with Gasteiger partial charge >= 0.3 is 11.4 Å². The van der Waals surface area contributed by atoms with E-state index in [4.69, 9.17) is 33.7 Å². The maximum absolute atomic E-state index is 11.6. The van der Waals surface area contributed by atoms with E-state index in [0.29, 0.717) is 46.2 Å². The molecule has 1 aliphatic rings. The normalized spacial score (nSPS) is 17.8. The van der Waals surface area contributed by atoms with Gasteiger partial charge in [-0.05, 0) is 12.1 Å². The lowest BCUT2D eigenvalue weighted by molar-refractivity contribution is -0.392. The van der Waals surface area contributed by atoms with Crippen LogP contribution in [0.2, 0.25) is 0 Å². The number of nitrogens with one attached hydrogen (secondary N) is 1.